The van der Waals surface area contributed by atoms with Gasteiger partial charge in [0.1, 0.15) is 5.75 Å². The number of amides is 1. The number of sulfonamides is 1. The maximum Gasteiger partial charge on any atom is 0.255 e. The fourth-order valence-electron chi connectivity index (χ4n) is 2.83. The summed E-state index contributed by atoms with van der Waals surface area (Å²) in [5.74, 6) is 0.606. The molecule has 0 saturated carbocycles. The van der Waals surface area contributed by atoms with E-state index in [-0.39, 0.29) is 17.8 Å². The van der Waals surface area contributed by atoms with E-state index in [1.165, 1.54) is 4.31 Å². The number of hydrogen-bond acceptors (Lipinski definition) is 4. The zero-order chi connectivity index (χ0) is 18.7. The number of carbonyl (C=O) groups excluding carboxylic acids is 1. The van der Waals surface area contributed by atoms with Crippen molar-refractivity contribution in [2.24, 2.45) is 0 Å². The number of rotatable bonds is 5. The summed E-state index contributed by atoms with van der Waals surface area (Å²) in [5, 5.41) is 2.81. The Hall–Kier alpha value is -2.54. The zero-order valence-corrected chi connectivity index (χ0v) is 15.6. The van der Waals surface area contributed by atoms with Crippen molar-refractivity contribution in [2.45, 2.75) is 26.4 Å². The topological polar surface area (TPSA) is 75.7 Å². The molecule has 1 amide bonds. The molecule has 0 spiro atoms. The molecule has 0 aliphatic carbocycles. The first-order chi connectivity index (χ1) is 12.3. The van der Waals surface area contributed by atoms with E-state index in [1.54, 1.807) is 48.5 Å². The maximum atomic E-state index is 12.4. The number of nitrogens with one attached hydrogen (secondary N) is 1. The molecule has 3 rings (SSSR count). The molecule has 26 heavy (non-hydrogen) atoms. The first-order valence-electron chi connectivity index (χ1n) is 8.54. The van der Waals surface area contributed by atoms with Gasteiger partial charge >= 0.3 is 0 Å². The molecule has 1 N–H and O–H groups in total. The summed E-state index contributed by atoms with van der Waals surface area (Å²) in [6.07, 6.45) is 0.684. The number of anilines is 2. The Morgan fingerprint density at radius 3 is 2.50 bits per heavy atom. The summed E-state index contributed by atoms with van der Waals surface area (Å²) in [7, 11) is -3.25. The van der Waals surface area contributed by atoms with E-state index < -0.39 is 10.0 Å². The smallest absolute Gasteiger partial charge is 0.255 e. The van der Waals surface area contributed by atoms with Crippen LogP contribution in [-0.4, -0.2) is 32.7 Å². The largest absolute Gasteiger partial charge is 0.491 e. The van der Waals surface area contributed by atoms with Crippen LogP contribution in [0.4, 0.5) is 11.4 Å². The first-order valence-corrected chi connectivity index (χ1v) is 10.1. The van der Waals surface area contributed by atoms with Crippen molar-refractivity contribution >= 4 is 27.3 Å². The second-order valence-electron chi connectivity index (χ2n) is 6.44. The van der Waals surface area contributed by atoms with Crippen molar-refractivity contribution in [3.8, 4) is 5.75 Å². The second kappa shape index (κ2) is 7.37. The summed E-state index contributed by atoms with van der Waals surface area (Å²) in [4.78, 5) is 12.4. The Kier molecular flexibility index (Phi) is 5.18. The summed E-state index contributed by atoms with van der Waals surface area (Å²) in [6, 6.07) is 13.8. The molecule has 1 heterocycles. The minimum Gasteiger partial charge on any atom is -0.491 e. The molecule has 1 aliphatic heterocycles. The molecule has 0 atom stereocenters. The number of carbonyl (C=O) groups is 1. The van der Waals surface area contributed by atoms with E-state index in [4.69, 9.17) is 4.74 Å². The quantitative estimate of drug-likeness (QED) is 0.871. The van der Waals surface area contributed by atoms with Gasteiger partial charge in [-0.2, -0.15) is 0 Å². The van der Waals surface area contributed by atoms with Crippen molar-refractivity contribution in [2.75, 3.05) is 21.9 Å². The lowest BCUT2D eigenvalue weighted by molar-refractivity contribution is 0.102. The highest BCUT2D eigenvalue weighted by molar-refractivity contribution is 7.93. The van der Waals surface area contributed by atoms with Gasteiger partial charge in [0.25, 0.3) is 5.91 Å². The van der Waals surface area contributed by atoms with Crippen LogP contribution >= 0.6 is 0 Å². The van der Waals surface area contributed by atoms with Gasteiger partial charge in [-0.05, 0) is 62.7 Å². The van der Waals surface area contributed by atoms with Crippen LogP contribution < -0.4 is 14.4 Å². The van der Waals surface area contributed by atoms with Gasteiger partial charge in [0, 0.05) is 17.8 Å². The van der Waals surface area contributed by atoms with Crippen LogP contribution in [0.2, 0.25) is 0 Å². The molecular weight excluding hydrogens is 352 g/mol. The molecule has 0 unspecified atom stereocenters. The maximum absolute atomic E-state index is 12.4. The molecule has 1 fully saturated rings. The van der Waals surface area contributed by atoms with Gasteiger partial charge < -0.3 is 10.1 Å². The van der Waals surface area contributed by atoms with Crippen LogP contribution in [0, 0.1) is 0 Å². The van der Waals surface area contributed by atoms with Crippen LogP contribution in [0.3, 0.4) is 0 Å². The third-order valence-electron chi connectivity index (χ3n) is 3.98. The molecule has 138 valence electrons. The molecule has 2 aromatic carbocycles. The van der Waals surface area contributed by atoms with Crippen molar-refractivity contribution < 1.29 is 17.9 Å². The van der Waals surface area contributed by atoms with Crippen molar-refractivity contribution in [3.05, 3.63) is 54.1 Å². The Morgan fingerprint density at radius 1 is 1.15 bits per heavy atom. The van der Waals surface area contributed by atoms with Crippen LogP contribution in [0.25, 0.3) is 0 Å². The average Bonchev–Trinajstić information content (AvgIpc) is 2.94. The highest BCUT2D eigenvalue weighted by Crippen LogP contribution is 2.26. The van der Waals surface area contributed by atoms with E-state index in [0.717, 1.165) is 0 Å². The predicted molar refractivity (Wildman–Crippen MR) is 102 cm³/mol. The van der Waals surface area contributed by atoms with E-state index in [2.05, 4.69) is 5.32 Å². The number of hydrogen-bond donors (Lipinski definition) is 1. The van der Waals surface area contributed by atoms with Gasteiger partial charge in [-0.15, -0.1) is 0 Å². The van der Waals surface area contributed by atoms with Gasteiger partial charge in [-0.25, -0.2) is 8.42 Å². The minimum absolute atomic E-state index is 0.0688. The zero-order valence-electron chi connectivity index (χ0n) is 14.8. The number of benzene rings is 2. The van der Waals surface area contributed by atoms with E-state index in [1.807, 2.05) is 13.8 Å². The molecule has 0 radical (unpaired) electrons. The molecule has 0 aromatic heterocycles. The van der Waals surface area contributed by atoms with Gasteiger partial charge in [0.05, 0.1) is 17.5 Å². The van der Waals surface area contributed by atoms with Crippen LogP contribution in [0.5, 0.6) is 5.75 Å². The lowest BCUT2D eigenvalue weighted by Gasteiger charge is -2.17. The van der Waals surface area contributed by atoms with E-state index in [0.29, 0.717) is 35.7 Å². The molecule has 0 bridgehead atoms. The minimum atomic E-state index is -3.25. The summed E-state index contributed by atoms with van der Waals surface area (Å²) in [6.45, 7) is 4.35. The normalized spacial score (nSPS) is 15.9. The summed E-state index contributed by atoms with van der Waals surface area (Å²) < 4.78 is 31.1. The van der Waals surface area contributed by atoms with Gasteiger partial charge in [0.2, 0.25) is 10.0 Å². The van der Waals surface area contributed by atoms with Crippen LogP contribution in [-0.2, 0) is 10.0 Å². The molecule has 7 heteroatoms. The van der Waals surface area contributed by atoms with Crippen LogP contribution in [0.1, 0.15) is 30.6 Å². The van der Waals surface area contributed by atoms with Crippen molar-refractivity contribution in [1.82, 2.24) is 0 Å². The van der Waals surface area contributed by atoms with Crippen LogP contribution in [0.15, 0.2) is 48.5 Å². The SMILES string of the molecule is CC(C)Oc1ccc(C(=O)Nc2cccc(N3CCCS3(=O)=O)c2)cc1. The van der Waals surface area contributed by atoms with Gasteiger partial charge in [-0.1, -0.05) is 6.07 Å². The van der Waals surface area contributed by atoms with Crippen molar-refractivity contribution in [1.29, 1.82) is 0 Å². The Morgan fingerprint density at radius 2 is 1.88 bits per heavy atom. The van der Waals surface area contributed by atoms with Gasteiger partial charge in [-0.3, -0.25) is 9.10 Å². The third kappa shape index (κ3) is 4.16. The summed E-state index contributed by atoms with van der Waals surface area (Å²) >= 11 is 0. The summed E-state index contributed by atoms with van der Waals surface area (Å²) in [5.41, 5.74) is 1.62. The van der Waals surface area contributed by atoms with Crippen molar-refractivity contribution in [3.63, 3.8) is 0 Å². The molecule has 2 aromatic rings. The Labute approximate surface area is 153 Å². The van der Waals surface area contributed by atoms with Gasteiger partial charge in [0.15, 0.2) is 0 Å². The lowest BCUT2D eigenvalue weighted by Crippen LogP contribution is -2.25. The standard InChI is InChI=1S/C19H22N2O4S/c1-14(2)25-18-9-7-15(8-10-18)19(22)20-16-5-3-6-17(13-16)21-11-4-12-26(21,23)24/h3,5-10,13-14H,4,11-12H2,1-2H3,(H,20,22). The number of nitrogens with zero attached hydrogens (tertiary/aromatic N) is 1. The monoisotopic (exact) mass is 374 g/mol. The predicted octanol–water partition coefficient (Wildman–Crippen LogP) is 3.27. The number of ether oxygens (including phenoxy) is 1. The highest BCUT2D eigenvalue weighted by atomic mass is 32.2. The third-order valence-corrected chi connectivity index (χ3v) is 5.85. The highest BCUT2D eigenvalue weighted by Gasteiger charge is 2.28. The molecular formula is C19H22N2O4S. The molecule has 1 aliphatic rings. The average molecular weight is 374 g/mol. The molecule has 6 nitrogen and oxygen atoms in total. The first kappa shape index (κ1) is 18.3. The fourth-order valence-corrected chi connectivity index (χ4v) is 4.38. The van der Waals surface area contributed by atoms with E-state index >= 15 is 0 Å². The van der Waals surface area contributed by atoms with E-state index in [9.17, 15) is 13.2 Å². The lowest BCUT2D eigenvalue weighted by atomic mass is 10.2. The molecule has 1 saturated heterocycles. The Balaban J connectivity index is 1.73. The second-order valence-corrected chi connectivity index (χ2v) is 8.45. The fraction of sp³-hybridized carbons (Fsp3) is 0.316. The Bertz CT molecular complexity index is 892.